The summed E-state index contributed by atoms with van der Waals surface area (Å²) in [5.41, 5.74) is 2.27. The molecule has 0 radical (unpaired) electrons. The lowest BCUT2D eigenvalue weighted by Gasteiger charge is -2.17. The molecule has 120 valence electrons. The fourth-order valence-electron chi connectivity index (χ4n) is 2.30. The molecule has 0 amide bonds. The van der Waals surface area contributed by atoms with Gasteiger partial charge in [0.25, 0.3) is 0 Å². The number of halogens is 1. The number of phenolic OH excluding ortho intramolecular Hbond substituents is 1. The zero-order valence-electron chi connectivity index (χ0n) is 13.3. The van der Waals surface area contributed by atoms with Crippen molar-refractivity contribution in [3.63, 3.8) is 0 Å². The molecule has 5 heteroatoms. The van der Waals surface area contributed by atoms with Gasteiger partial charge in [0.05, 0.1) is 4.88 Å². The fourth-order valence-corrected chi connectivity index (χ4v) is 2.99. The van der Waals surface area contributed by atoms with Crippen LogP contribution in [0.5, 0.6) is 5.75 Å². The summed E-state index contributed by atoms with van der Waals surface area (Å²) in [5.74, 6) is 0.496. The third kappa shape index (κ3) is 4.09. The molecule has 0 saturated carbocycles. The van der Waals surface area contributed by atoms with E-state index in [1.54, 1.807) is 0 Å². The topological polar surface area (TPSA) is 40.5 Å². The number of hydrogen-bond acceptors (Lipinski definition) is 4. The van der Waals surface area contributed by atoms with Crippen LogP contribution in [-0.4, -0.2) is 29.9 Å². The van der Waals surface area contributed by atoms with Crippen molar-refractivity contribution in [2.45, 2.75) is 26.3 Å². The van der Waals surface area contributed by atoms with Crippen LogP contribution in [0.2, 0.25) is 0 Å². The molecular formula is C17H22ClNO2S. The summed E-state index contributed by atoms with van der Waals surface area (Å²) in [6.45, 7) is 4.65. The van der Waals surface area contributed by atoms with E-state index in [1.807, 2.05) is 62.5 Å². The average molecular weight is 340 g/mol. The van der Waals surface area contributed by atoms with Crippen molar-refractivity contribution in [1.82, 2.24) is 4.90 Å². The number of thiophene rings is 1. The normalized spacial score (nSPS) is 10.8. The van der Waals surface area contributed by atoms with Crippen molar-refractivity contribution >= 4 is 29.5 Å². The van der Waals surface area contributed by atoms with Crippen LogP contribution in [0.1, 0.15) is 46.1 Å². The molecule has 0 atom stereocenters. The zero-order valence-corrected chi connectivity index (χ0v) is 14.9. The van der Waals surface area contributed by atoms with Gasteiger partial charge < -0.3 is 10.0 Å². The van der Waals surface area contributed by atoms with E-state index in [1.165, 1.54) is 11.3 Å². The van der Waals surface area contributed by atoms with Crippen molar-refractivity contribution < 1.29 is 9.90 Å². The minimum Gasteiger partial charge on any atom is -0.507 e. The second kappa shape index (κ2) is 7.77. The Morgan fingerprint density at radius 1 is 1.32 bits per heavy atom. The van der Waals surface area contributed by atoms with E-state index >= 15 is 0 Å². The largest absolute Gasteiger partial charge is 0.507 e. The van der Waals surface area contributed by atoms with Gasteiger partial charge in [-0.2, -0.15) is 0 Å². The summed E-state index contributed by atoms with van der Waals surface area (Å²) in [6, 6.07) is 7.34. The van der Waals surface area contributed by atoms with E-state index in [0.717, 1.165) is 16.0 Å². The number of carbonyl (C=O) groups excluding carboxylic acids is 1. The van der Waals surface area contributed by atoms with Gasteiger partial charge in [0.1, 0.15) is 5.75 Å². The third-order valence-electron chi connectivity index (χ3n) is 3.33. The number of rotatable bonds is 5. The van der Waals surface area contributed by atoms with Crippen molar-refractivity contribution in [1.29, 1.82) is 0 Å². The Kier molecular flexibility index (Phi) is 6.60. The number of hydrogen-bond donors (Lipinski definition) is 1. The monoisotopic (exact) mass is 339 g/mol. The van der Waals surface area contributed by atoms with Gasteiger partial charge in [-0.3, -0.25) is 4.79 Å². The van der Waals surface area contributed by atoms with Crippen LogP contribution in [-0.2, 0) is 6.54 Å². The predicted molar refractivity (Wildman–Crippen MR) is 94.6 cm³/mol. The molecule has 0 fully saturated rings. The van der Waals surface area contributed by atoms with E-state index in [0.29, 0.717) is 17.9 Å². The summed E-state index contributed by atoms with van der Waals surface area (Å²) >= 11 is 1.44. The van der Waals surface area contributed by atoms with Crippen LogP contribution in [0, 0.1) is 0 Å². The lowest BCUT2D eigenvalue weighted by atomic mass is 9.94. The maximum absolute atomic E-state index is 12.5. The Morgan fingerprint density at radius 2 is 2.00 bits per heavy atom. The molecule has 0 aliphatic heterocycles. The smallest absolute Gasteiger partial charge is 0.202 e. The summed E-state index contributed by atoms with van der Waals surface area (Å²) in [5, 5.41) is 12.3. The minimum absolute atomic E-state index is 0. The maximum Gasteiger partial charge on any atom is 0.202 e. The van der Waals surface area contributed by atoms with Crippen molar-refractivity contribution in [3.8, 4) is 5.75 Å². The lowest BCUT2D eigenvalue weighted by Crippen LogP contribution is -2.12. The Labute approximate surface area is 142 Å². The molecule has 0 aliphatic carbocycles. The van der Waals surface area contributed by atoms with E-state index in [-0.39, 0.29) is 24.1 Å². The van der Waals surface area contributed by atoms with Crippen LogP contribution >= 0.6 is 23.7 Å². The molecular weight excluding hydrogens is 318 g/mol. The molecule has 2 rings (SSSR count). The van der Waals surface area contributed by atoms with Gasteiger partial charge in [0, 0.05) is 17.7 Å². The molecule has 1 aromatic heterocycles. The molecule has 0 spiro atoms. The Bertz CT molecular complexity index is 636. The van der Waals surface area contributed by atoms with Crippen molar-refractivity contribution in [2.75, 3.05) is 14.1 Å². The highest BCUT2D eigenvalue weighted by molar-refractivity contribution is 7.12. The molecule has 2 aromatic rings. The number of ketones is 1. The standard InChI is InChI=1S/C17H21NO2S.ClH/c1-11(2)14-9-12(17(20)15-6-5-7-21-15)8-13(16(14)19)10-18(3)4;/h5-9,11,19H,10H2,1-4H3;1H. The van der Waals surface area contributed by atoms with Crippen LogP contribution in [0.25, 0.3) is 0 Å². The van der Waals surface area contributed by atoms with E-state index in [2.05, 4.69) is 0 Å². The first-order valence-corrected chi connectivity index (χ1v) is 7.86. The molecule has 0 saturated heterocycles. The first kappa shape index (κ1) is 18.7. The van der Waals surface area contributed by atoms with Crippen LogP contribution in [0.4, 0.5) is 0 Å². The van der Waals surface area contributed by atoms with Gasteiger partial charge in [0.2, 0.25) is 5.78 Å². The summed E-state index contributed by atoms with van der Waals surface area (Å²) in [6.07, 6.45) is 0. The Hall–Kier alpha value is -1.36. The first-order valence-electron chi connectivity index (χ1n) is 6.99. The number of benzene rings is 1. The molecule has 0 aliphatic rings. The van der Waals surface area contributed by atoms with Gasteiger partial charge in [0.15, 0.2) is 0 Å². The van der Waals surface area contributed by atoms with Crippen LogP contribution in [0.3, 0.4) is 0 Å². The molecule has 0 bridgehead atoms. The highest BCUT2D eigenvalue weighted by atomic mass is 35.5. The second-order valence-corrected chi connectivity index (χ2v) is 6.72. The first-order chi connectivity index (χ1) is 9.90. The molecule has 1 N–H and O–H groups in total. The van der Waals surface area contributed by atoms with Crippen LogP contribution < -0.4 is 0 Å². The Balaban J connectivity index is 0.00000242. The Morgan fingerprint density at radius 3 is 2.50 bits per heavy atom. The zero-order chi connectivity index (χ0) is 15.6. The van der Waals surface area contributed by atoms with E-state index in [4.69, 9.17) is 0 Å². The van der Waals surface area contributed by atoms with Crippen LogP contribution in [0.15, 0.2) is 29.6 Å². The quantitative estimate of drug-likeness (QED) is 0.826. The third-order valence-corrected chi connectivity index (χ3v) is 4.20. The van der Waals surface area contributed by atoms with Gasteiger partial charge >= 0.3 is 0 Å². The molecule has 3 nitrogen and oxygen atoms in total. The van der Waals surface area contributed by atoms with Crippen molar-refractivity contribution in [2.24, 2.45) is 0 Å². The van der Waals surface area contributed by atoms with Gasteiger partial charge in [-0.25, -0.2) is 0 Å². The number of aromatic hydroxyl groups is 1. The molecule has 1 aromatic carbocycles. The van der Waals surface area contributed by atoms with Gasteiger partial charge in [-0.05, 0) is 49.2 Å². The predicted octanol–water partition coefficient (Wildman–Crippen LogP) is 4.29. The second-order valence-electron chi connectivity index (χ2n) is 5.77. The summed E-state index contributed by atoms with van der Waals surface area (Å²) < 4.78 is 0. The van der Waals surface area contributed by atoms with Crippen molar-refractivity contribution in [3.05, 3.63) is 51.2 Å². The molecule has 22 heavy (non-hydrogen) atoms. The highest BCUT2D eigenvalue weighted by Gasteiger charge is 2.18. The highest BCUT2D eigenvalue weighted by Crippen LogP contribution is 2.32. The summed E-state index contributed by atoms with van der Waals surface area (Å²) in [4.78, 5) is 15.3. The maximum atomic E-state index is 12.5. The van der Waals surface area contributed by atoms with Gasteiger partial charge in [-0.1, -0.05) is 19.9 Å². The van der Waals surface area contributed by atoms with E-state index in [9.17, 15) is 9.90 Å². The lowest BCUT2D eigenvalue weighted by molar-refractivity contribution is 0.104. The molecule has 0 unspecified atom stereocenters. The number of carbonyl (C=O) groups is 1. The fraction of sp³-hybridized carbons (Fsp3) is 0.353. The van der Waals surface area contributed by atoms with E-state index < -0.39 is 0 Å². The van der Waals surface area contributed by atoms with Gasteiger partial charge in [-0.15, -0.1) is 23.7 Å². The number of phenols is 1. The summed E-state index contributed by atoms with van der Waals surface area (Å²) in [7, 11) is 3.89. The average Bonchev–Trinajstić information content (AvgIpc) is 2.93. The minimum atomic E-state index is 0. The molecule has 1 heterocycles. The SMILES string of the molecule is CC(C)c1cc(C(=O)c2cccs2)cc(CN(C)C)c1O.Cl. The number of nitrogens with zero attached hydrogens (tertiary/aromatic N) is 1.